The van der Waals surface area contributed by atoms with Crippen molar-refractivity contribution in [3.05, 3.63) is 54.1 Å². The summed E-state index contributed by atoms with van der Waals surface area (Å²) in [6.45, 7) is 1.59. The maximum absolute atomic E-state index is 13.3. The molecule has 10 nitrogen and oxygen atoms in total. The Labute approximate surface area is 197 Å². The first-order valence-corrected chi connectivity index (χ1v) is 10.7. The average Bonchev–Trinajstić information content (AvgIpc) is 3.25. The number of amides is 3. The Kier molecular flexibility index (Phi) is 6.61. The lowest BCUT2D eigenvalue weighted by atomic mass is 10.1. The molecule has 0 aliphatic carbocycles. The van der Waals surface area contributed by atoms with Crippen LogP contribution in [0.25, 0.3) is 0 Å². The molecule has 2 saturated heterocycles. The van der Waals surface area contributed by atoms with Gasteiger partial charge < -0.3 is 25.0 Å². The van der Waals surface area contributed by atoms with Crippen LogP contribution in [0.1, 0.15) is 35.8 Å². The number of carbonyl (C=O) groups excluding carboxylic acids is 3. The van der Waals surface area contributed by atoms with Gasteiger partial charge in [0, 0.05) is 18.9 Å². The van der Waals surface area contributed by atoms with Gasteiger partial charge in [0.1, 0.15) is 17.5 Å². The largest absolute Gasteiger partial charge is 0.573 e. The third-order valence-corrected chi connectivity index (χ3v) is 5.78. The average molecular weight is 493 g/mol. The van der Waals surface area contributed by atoms with Gasteiger partial charge in [-0.2, -0.15) is 0 Å². The second kappa shape index (κ2) is 9.49. The Morgan fingerprint density at radius 2 is 1.97 bits per heavy atom. The van der Waals surface area contributed by atoms with E-state index in [9.17, 15) is 27.6 Å². The second-order valence-corrected chi connectivity index (χ2v) is 8.26. The van der Waals surface area contributed by atoms with Crippen LogP contribution in [0.4, 0.5) is 13.2 Å². The summed E-state index contributed by atoms with van der Waals surface area (Å²) in [5.41, 5.74) is -1.13. The van der Waals surface area contributed by atoms with E-state index in [2.05, 4.69) is 25.3 Å². The Balaban J connectivity index is 1.39. The molecule has 0 spiro atoms. The topological polar surface area (TPSA) is 123 Å². The van der Waals surface area contributed by atoms with Crippen molar-refractivity contribution in [1.82, 2.24) is 25.5 Å². The van der Waals surface area contributed by atoms with E-state index in [1.165, 1.54) is 42.5 Å². The summed E-state index contributed by atoms with van der Waals surface area (Å²) in [7, 11) is 0. The highest BCUT2D eigenvalue weighted by Crippen LogP contribution is 2.33. The molecular weight excluding hydrogens is 471 g/mol. The third kappa shape index (κ3) is 5.50. The van der Waals surface area contributed by atoms with E-state index < -0.39 is 35.9 Å². The summed E-state index contributed by atoms with van der Waals surface area (Å²) < 4.78 is 46.4. The van der Waals surface area contributed by atoms with Gasteiger partial charge in [-0.1, -0.05) is 12.1 Å². The van der Waals surface area contributed by atoms with Gasteiger partial charge in [0.05, 0.1) is 18.8 Å². The predicted octanol–water partition coefficient (Wildman–Crippen LogP) is 1.53. The fourth-order valence-corrected chi connectivity index (χ4v) is 4.08. The van der Waals surface area contributed by atoms with E-state index in [-0.39, 0.29) is 30.6 Å². The summed E-state index contributed by atoms with van der Waals surface area (Å²) in [4.78, 5) is 47.9. The summed E-state index contributed by atoms with van der Waals surface area (Å²) in [5.74, 6) is -1.99. The Morgan fingerprint density at radius 3 is 2.63 bits per heavy atom. The van der Waals surface area contributed by atoms with Crippen molar-refractivity contribution in [2.75, 3.05) is 6.61 Å². The molecule has 3 heterocycles. The quantitative estimate of drug-likeness (QED) is 0.626. The Bertz CT molecular complexity index is 1100. The van der Waals surface area contributed by atoms with Crippen molar-refractivity contribution in [2.24, 2.45) is 0 Å². The SMILES string of the molecule is C[C@]1(NC(=O)c2cnccn2)OC[C@@H]2CC[C@H](C(=O)NCc3ccc(OC(F)(F)F)cc3)N2C1=O. The molecule has 2 aromatic rings. The zero-order chi connectivity index (χ0) is 25.2. The summed E-state index contributed by atoms with van der Waals surface area (Å²) in [6.07, 6.45) is 0.155. The molecule has 0 saturated carbocycles. The van der Waals surface area contributed by atoms with Crippen molar-refractivity contribution >= 4 is 17.7 Å². The van der Waals surface area contributed by atoms with Gasteiger partial charge in [-0.15, -0.1) is 13.2 Å². The number of benzene rings is 1. The molecule has 2 aliphatic rings. The molecule has 0 unspecified atom stereocenters. The van der Waals surface area contributed by atoms with Crippen LogP contribution in [0, 0.1) is 0 Å². The number of nitrogens with one attached hydrogen (secondary N) is 2. The van der Waals surface area contributed by atoms with Gasteiger partial charge in [-0.25, -0.2) is 4.98 Å². The number of rotatable bonds is 6. The van der Waals surface area contributed by atoms with Crippen LogP contribution in [-0.4, -0.2) is 63.4 Å². The number of carbonyl (C=O) groups is 3. The van der Waals surface area contributed by atoms with Gasteiger partial charge in [0.15, 0.2) is 0 Å². The molecule has 0 bridgehead atoms. The van der Waals surface area contributed by atoms with Crippen molar-refractivity contribution in [3.63, 3.8) is 0 Å². The van der Waals surface area contributed by atoms with Crippen LogP contribution in [0.2, 0.25) is 0 Å². The lowest BCUT2D eigenvalue weighted by molar-refractivity contribution is -0.274. The predicted molar refractivity (Wildman–Crippen MR) is 112 cm³/mol. The van der Waals surface area contributed by atoms with Gasteiger partial charge >= 0.3 is 6.36 Å². The number of fused-ring (bicyclic) bond motifs is 1. The van der Waals surface area contributed by atoms with E-state index in [0.717, 1.165) is 12.1 Å². The lowest BCUT2D eigenvalue weighted by Gasteiger charge is -2.43. The van der Waals surface area contributed by atoms with Crippen LogP contribution in [0.15, 0.2) is 42.9 Å². The van der Waals surface area contributed by atoms with E-state index in [0.29, 0.717) is 18.4 Å². The minimum Gasteiger partial charge on any atom is -0.406 e. The molecule has 1 aromatic carbocycles. The van der Waals surface area contributed by atoms with Crippen molar-refractivity contribution in [1.29, 1.82) is 0 Å². The fraction of sp³-hybridized carbons (Fsp3) is 0.409. The minimum absolute atomic E-state index is 0.00890. The third-order valence-electron chi connectivity index (χ3n) is 5.78. The van der Waals surface area contributed by atoms with Crippen LogP contribution >= 0.6 is 0 Å². The zero-order valence-electron chi connectivity index (χ0n) is 18.5. The molecule has 0 radical (unpaired) electrons. The maximum Gasteiger partial charge on any atom is 0.573 e. The van der Waals surface area contributed by atoms with Gasteiger partial charge in [-0.05, 0) is 37.5 Å². The highest BCUT2D eigenvalue weighted by molar-refractivity contribution is 5.98. The molecule has 2 fully saturated rings. The van der Waals surface area contributed by atoms with Crippen molar-refractivity contribution < 1.29 is 37.0 Å². The van der Waals surface area contributed by atoms with Gasteiger partial charge in [0.2, 0.25) is 11.6 Å². The van der Waals surface area contributed by atoms with E-state index in [1.54, 1.807) is 0 Å². The number of halogens is 3. The van der Waals surface area contributed by atoms with Crippen LogP contribution in [0.5, 0.6) is 5.75 Å². The molecule has 186 valence electrons. The van der Waals surface area contributed by atoms with Crippen LogP contribution in [-0.2, 0) is 20.9 Å². The zero-order valence-corrected chi connectivity index (χ0v) is 18.5. The number of alkyl halides is 3. The molecular formula is C22H22F3N5O5. The van der Waals surface area contributed by atoms with E-state index in [4.69, 9.17) is 4.74 Å². The first kappa shape index (κ1) is 24.4. The highest BCUT2D eigenvalue weighted by Gasteiger charge is 2.52. The molecule has 13 heteroatoms. The van der Waals surface area contributed by atoms with Crippen molar-refractivity contribution in [3.8, 4) is 5.75 Å². The minimum atomic E-state index is -4.79. The molecule has 35 heavy (non-hydrogen) atoms. The molecule has 2 aliphatic heterocycles. The second-order valence-electron chi connectivity index (χ2n) is 8.26. The number of hydrogen-bond donors (Lipinski definition) is 2. The summed E-state index contributed by atoms with van der Waals surface area (Å²) in [6, 6.07) is 4.00. The van der Waals surface area contributed by atoms with Crippen LogP contribution in [0.3, 0.4) is 0 Å². The van der Waals surface area contributed by atoms with Crippen molar-refractivity contribution in [2.45, 2.75) is 50.5 Å². The van der Waals surface area contributed by atoms with Gasteiger partial charge in [-0.3, -0.25) is 19.4 Å². The first-order valence-electron chi connectivity index (χ1n) is 10.7. The van der Waals surface area contributed by atoms with E-state index in [1.807, 2.05) is 0 Å². The highest BCUT2D eigenvalue weighted by atomic mass is 19.4. The standard InChI is InChI=1S/C22H22F3N5O5/c1-21(29-18(31)16-11-26-8-9-27-16)20(33)30-14(12-34-21)4-7-17(30)19(32)28-10-13-2-5-15(6-3-13)35-22(23,24)25/h2-3,5-6,8-9,11,14,17H,4,7,10,12H2,1H3,(H,28,32)(H,29,31)/t14-,17+,21-/m0/s1. The maximum atomic E-state index is 13.3. The number of hydrogen-bond acceptors (Lipinski definition) is 7. The van der Waals surface area contributed by atoms with Gasteiger partial charge in [0.25, 0.3) is 11.8 Å². The molecule has 3 amide bonds. The summed E-state index contributed by atoms with van der Waals surface area (Å²) >= 11 is 0. The Morgan fingerprint density at radius 1 is 1.23 bits per heavy atom. The molecule has 1 aromatic heterocycles. The van der Waals surface area contributed by atoms with E-state index >= 15 is 0 Å². The lowest BCUT2D eigenvalue weighted by Crippen LogP contribution is -2.67. The molecule has 4 rings (SSSR count). The molecule has 2 N–H and O–H groups in total. The first-order chi connectivity index (χ1) is 16.6. The fourth-order valence-electron chi connectivity index (χ4n) is 4.08. The molecule has 3 atom stereocenters. The normalized spacial score (nSPS) is 24.0. The Hall–Kier alpha value is -3.74. The number of aromatic nitrogens is 2. The number of morpholine rings is 1. The number of ether oxygens (including phenoxy) is 2. The summed E-state index contributed by atoms with van der Waals surface area (Å²) in [5, 5.41) is 5.25. The number of nitrogens with zero attached hydrogens (tertiary/aromatic N) is 3. The smallest absolute Gasteiger partial charge is 0.406 e. The monoisotopic (exact) mass is 493 g/mol. The van der Waals surface area contributed by atoms with Crippen LogP contribution < -0.4 is 15.4 Å².